The molecule has 0 radical (unpaired) electrons. The predicted molar refractivity (Wildman–Crippen MR) is 146 cm³/mol. The molecule has 3 heterocycles. The second kappa shape index (κ2) is 13.4. The fraction of sp³-hybridized carbons (Fsp3) is 0.269. The first-order valence-corrected chi connectivity index (χ1v) is 13.8. The molecule has 0 fully saturated rings. The van der Waals surface area contributed by atoms with Gasteiger partial charge in [-0.25, -0.2) is 4.79 Å². The average Bonchev–Trinajstić information content (AvgIpc) is 3.55. The summed E-state index contributed by atoms with van der Waals surface area (Å²) in [6, 6.07) is 7.86. The first kappa shape index (κ1) is 31.0. The number of hydrogen-bond donors (Lipinski definition) is 1. The van der Waals surface area contributed by atoms with Gasteiger partial charge in [-0.1, -0.05) is 6.07 Å². The van der Waals surface area contributed by atoms with Crippen molar-refractivity contribution in [2.45, 2.75) is 5.66 Å². The minimum absolute atomic E-state index is 0.00117. The number of rotatable bonds is 14. The lowest BCUT2D eigenvalue weighted by Gasteiger charge is -2.26. The molecule has 1 unspecified atom stereocenters. The molecule has 1 aromatic carbocycles. The summed E-state index contributed by atoms with van der Waals surface area (Å²) in [5.41, 5.74) is -1.87. The van der Waals surface area contributed by atoms with E-state index in [1.165, 1.54) is 79.3 Å². The number of benzene rings is 1. The van der Waals surface area contributed by atoms with Crippen LogP contribution in [0.5, 0.6) is 47.0 Å². The summed E-state index contributed by atoms with van der Waals surface area (Å²) in [5, 5.41) is 10.5. The highest BCUT2D eigenvalue weighted by Gasteiger charge is 2.43. The van der Waals surface area contributed by atoms with Crippen molar-refractivity contribution in [2.75, 3.05) is 42.7 Å². The molecule has 0 bridgehead atoms. The SMILES string of the molecule is COc1cc(OC)nc(Oc2ccc(C(c3ccco3)P(=O)(OC)OC)c(Oc3nc(OC)cc(OC)n3)c2C(=O)O)n1. The van der Waals surface area contributed by atoms with E-state index in [-0.39, 0.29) is 52.6 Å². The second-order valence-corrected chi connectivity index (χ2v) is 10.5. The zero-order valence-corrected chi connectivity index (χ0v) is 24.7. The number of carboxylic acids is 1. The number of carbonyl (C=O) groups is 1. The Morgan fingerprint density at radius 1 is 0.791 bits per heavy atom. The minimum Gasteiger partial charge on any atom is -0.481 e. The smallest absolute Gasteiger partial charge is 0.345 e. The Bertz CT molecular complexity index is 1580. The van der Waals surface area contributed by atoms with E-state index in [4.69, 9.17) is 41.9 Å². The van der Waals surface area contributed by atoms with Gasteiger partial charge in [0.2, 0.25) is 23.5 Å². The van der Waals surface area contributed by atoms with E-state index in [9.17, 15) is 14.5 Å². The van der Waals surface area contributed by atoms with E-state index in [0.717, 1.165) is 0 Å². The number of methoxy groups -OCH3 is 4. The normalized spacial score (nSPS) is 11.9. The summed E-state index contributed by atoms with van der Waals surface area (Å²) in [4.78, 5) is 29.3. The quantitative estimate of drug-likeness (QED) is 0.190. The lowest BCUT2D eigenvalue weighted by Crippen LogP contribution is -2.12. The molecule has 16 nitrogen and oxygen atoms in total. The van der Waals surface area contributed by atoms with E-state index in [0.29, 0.717) is 0 Å². The number of nitrogens with zero attached hydrogens (tertiary/aromatic N) is 4. The molecule has 0 aliphatic carbocycles. The Kier molecular flexibility index (Phi) is 9.65. The molecular weight excluding hydrogens is 591 g/mol. The molecule has 17 heteroatoms. The molecule has 0 aliphatic rings. The van der Waals surface area contributed by atoms with Gasteiger partial charge in [0.25, 0.3) is 0 Å². The molecule has 4 aromatic rings. The zero-order valence-electron chi connectivity index (χ0n) is 23.8. The molecule has 4 rings (SSSR count). The predicted octanol–water partition coefficient (Wildman–Crippen LogP) is 4.75. The van der Waals surface area contributed by atoms with Crippen molar-refractivity contribution >= 4 is 13.6 Å². The summed E-state index contributed by atoms with van der Waals surface area (Å²) in [6.45, 7) is 0. The van der Waals surface area contributed by atoms with Gasteiger partial charge in [-0.2, -0.15) is 19.9 Å². The third-order valence-electron chi connectivity index (χ3n) is 5.84. The standard InChI is InChI=1S/C26H27N4O12P/c1-34-17-12-18(35-2)28-25(27-17)41-15-10-9-14(23(16-8-7-11-40-16)43(33,38-5)39-6)22(21(15)24(31)32)42-26-29-19(36-3)13-20(30-26)37-4/h7-13,23H,1-6H3,(H,31,32). The molecule has 0 aliphatic heterocycles. The van der Waals surface area contributed by atoms with E-state index in [2.05, 4.69) is 19.9 Å². The van der Waals surface area contributed by atoms with Crippen LogP contribution in [0.3, 0.4) is 0 Å². The molecule has 3 aromatic heterocycles. The summed E-state index contributed by atoms with van der Waals surface area (Å²) in [5.74, 6) is -1.81. The minimum atomic E-state index is -4.07. The lowest BCUT2D eigenvalue weighted by atomic mass is 10.0. The molecule has 228 valence electrons. The van der Waals surface area contributed by atoms with Crippen LogP contribution in [0.1, 0.15) is 27.3 Å². The molecule has 0 amide bonds. The van der Waals surface area contributed by atoms with Crippen LogP contribution in [-0.4, -0.2) is 73.7 Å². The van der Waals surface area contributed by atoms with Crippen molar-refractivity contribution in [1.82, 2.24) is 19.9 Å². The summed E-state index contributed by atoms with van der Waals surface area (Å²) in [6.07, 6.45) is 1.34. The van der Waals surface area contributed by atoms with E-state index >= 15 is 0 Å². The topological polar surface area (TPSA) is 193 Å². The van der Waals surface area contributed by atoms with E-state index in [1.54, 1.807) is 6.07 Å². The Hall–Kier alpha value is -4.92. The van der Waals surface area contributed by atoms with Crippen LogP contribution in [0, 0.1) is 0 Å². The highest BCUT2D eigenvalue weighted by Crippen LogP contribution is 2.64. The van der Waals surface area contributed by atoms with Crippen LogP contribution in [0.15, 0.2) is 47.1 Å². The zero-order chi connectivity index (χ0) is 31.1. The monoisotopic (exact) mass is 618 g/mol. The van der Waals surface area contributed by atoms with Crippen molar-refractivity contribution in [3.05, 3.63) is 59.5 Å². The molecule has 0 saturated heterocycles. The van der Waals surface area contributed by atoms with Gasteiger partial charge in [0.1, 0.15) is 22.7 Å². The van der Waals surface area contributed by atoms with Gasteiger partial charge in [-0.05, 0) is 18.2 Å². The number of furan rings is 1. The molecular formula is C26H27N4O12P. The van der Waals surface area contributed by atoms with E-state index in [1.807, 2.05) is 0 Å². The van der Waals surface area contributed by atoms with Gasteiger partial charge >= 0.3 is 25.6 Å². The van der Waals surface area contributed by atoms with Crippen LogP contribution >= 0.6 is 7.60 Å². The van der Waals surface area contributed by atoms with Crippen molar-refractivity contribution in [1.29, 1.82) is 0 Å². The summed E-state index contributed by atoms with van der Waals surface area (Å²) >= 11 is 0. The fourth-order valence-corrected chi connectivity index (χ4v) is 5.45. The molecule has 43 heavy (non-hydrogen) atoms. The second-order valence-electron chi connectivity index (χ2n) is 8.16. The third-order valence-corrected chi connectivity index (χ3v) is 8.03. The molecule has 1 atom stereocenters. The van der Waals surface area contributed by atoms with Gasteiger partial charge in [-0.3, -0.25) is 4.57 Å². The first-order chi connectivity index (χ1) is 20.7. The number of carboxylic acid groups (broad SMARTS) is 1. The van der Waals surface area contributed by atoms with Gasteiger partial charge in [-0.15, -0.1) is 0 Å². The molecule has 1 N–H and O–H groups in total. The van der Waals surface area contributed by atoms with Gasteiger partial charge in [0.05, 0.1) is 46.8 Å². The van der Waals surface area contributed by atoms with E-state index < -0.39 is 30.5 Å². The van der Waals surface area contributed by atoms with Crippen LogP contribution in [0.25, 0.3) is 0 Å². The number of ether oxygens (including phenoxy) is 6. The Labute approximate surface area is 245 Å². The Morgan fingerprint density at radius 2 is 1.30 bits per heavy atom. The highest BCUT2D eigenvalue weighted by atomic mass is 31.2. The van der Waals surface area contributed by atoms with Gasteiger partial charge in [0, 0.05) is 19.8 Å². The average molecular weight is 618 g/mol. The maximum Gasteiger partial charge on any atom is 0.345 e. The van der Waals surface area contributed by atoms with Crippen molar-refractivity contribution in [3.8, 4) is 47.0 Å². The van der Waals surface area contributed by atoms with Crippen molar-refractivity contribution in [2.24, 2.45) is 0 Å². The van der Waals surface area contributed by atoms with Crippen LogP contribution in [0.2, 0.25) is 0 Å². The Balaban J connectivity index is 2.01. The number of aromatic carboxylic acids is 1. The third kappa shape index (κ3) is 6.61. The summed E-state index contributed by atoms with van der Waals surface area (Å²) < 4.78 is 62.6. The largest absolute Gasteiger partial charge is 0.481 e. The van der Waals surface area contributed by atoms with Crippen molar-refractivity contribution < 1.29 is 56.4 Å². The number of hydrogen-bond acceptors (Lipinski definition) is 15. The van der Waals surface area contributed by atoms with Crippen molar-refractivity contribution in [3.63, 3.8) is 0 Å². The van der Waals surface area contributed by atoms with Gasteiger partial charge in [0.15, 0.2) is 5.75 Å². The molecule has 0 saturated carbocycles. The van der Waals surface area contributed by atoms with Crippen LogP contribution in [-0.2, 0) is 13.6 Å². The fourth-order valence-electron chi connectivity index (χ4n) is 3.87. The number of aromatic nitrogens is 4. The van der Waals surface area contributed by atoms with Gasteiger partial charge < -0.3 is 47.0 Å². The van der Waals surface area contributed by atoms with Crippen LogP contribution < -0.4 is 28.4 Å². The molecule has 0 spiro atoms. The van der Waals surface area contributed by atoms with Crippen LogP contribution in [0.4, 0.5) is 0 Å². The maximum absolute atomic E-state index is 13.9. The summed E-state index contributed by atoms with van der Waals surface area (Å²) in [7, 11) is 3.75. The Morgan fingerprint density at radius 3 is 1.72 bits per heavy atom. The first-order valence-electron chi connectivity index (χ1n) is 12.1. The highest BCUT2D eigenvalue weighted by molar-refractivity contribution is 7.54. The lowest BCUT2D eigenvalue weighted by molar-refractivity contribution is 0.0690. The maximum atomic E-state index is 13.9.